The number of hydrogen-bond acceptors (Lipinski definition) is 4. The second kappa shape index (κ2) is 5.87. The van der Waals surface area contributed by atoms with Gasteiger partial charge in [-0.15, -0.1) is 0 Å². The second-order valence-electron chi connectivity index (χ2n) is 7.70. The van der Waals surface area contributed by atoms with Gasteiger partial charge in [0.05, 0.1) is 18.2 Å². The maximum Gasteiger partial charge on any atom is 0.223 e. The number of nitrogens with zero attached hydrogens (tertiary/aromatic N) is 2. The third-order valence-electron chi connectivity index (χ3n) is 5.92. The van der Waals surface area contributed by atoms with Crippen LogP contribution in [0, 0.1) is 11.8 Å². The Bertz CT molecular complexity index is 574. The van der Waals surface area contributed by atoms with Gasteiger partial charge in [0.25, 0.3) is 0 Å². The van der Waals surface area contributed by atoms with Crippen LogP contribution < -0.4 is 0 Å². The molecule has 5 heteroatoms. The highest BCUT2D eigenvalue weighted by molar-refractivity contribution is 7.07. The molecule has 0 radical (unpaired) electrons. The lowest BCUT2D eigenvalue weighted by molar-refractivity contribution is -0.131. The summed E-state index contributed by atoms with van der Waals surface area (Å²) in [5.74, 6) is 1.43. The second-order valence-corrected chi connectivity index (χ2v) is 8.48. The Balaban J connectivity index is 1.40. The summed E-state index contributed by atoms with van der Waals surface area (Å²) in [4.78, 5) is 17.0. The Labute approximate surface area is 142 Å². The van der Waals surface area contributed by atoms with Gasteiger partial charge in [0.15, 0.2) is 0 Å². The topological polar surface area (TPSA) is 32.8 Å². The molecule has 4 rings (SSSR count). The summed E-state index contributed by atoms with van der Waals surface area (Å²) in [5, 5.41) is 4.22. The van der Waals surface area contributed by atoms with Crippen LogP contribution in [-0.4, -0.2) is 61.1 Å². The van der Waals surface area contributed by atoms with Crippen LogP contribution in [0.1, 0.15) is 24.8 Å². The fraction of sp³-hybridized carbons (Fsp3) is 0.722. The molecule has 0 saturated carbocycles. The Morgan fingerprint density at radius 3 is 3.13 bits per heavy atom. The van der Waals surface area contributed by atoms with E-state index in [0.29, 0.717) is 30.3 Å². The van der Waals surface area contributed by atoms with Gasteiger partial charge < -0.3 is 14.5 Å². The standard InChI is InChI=1S/C18H26N2O2S/c1-19(2)9-14-15-10-20(12-18(15)7-5-16(14)22-18)17(21)4-3-13-6-8-23-11-13/h6,8,11,14-16H,3-5,7,9-10,12H2,1-2H3/t14-,15+,16+,18+/m0/s1. The monoisotopic (exact) mass is 334 g/mol. The summed E-state index contributed by atoms with van der Waals surface area (Å²) in [6.45, 7) is 2.80. The van der Waals surface area contributed by atoms with Crippen LogP contribution in [0.2, 0.25) is 0 Å². The summed E-state index contributed by atoms with van der Waals surface area (Å²) in [7, 11) is 4.27. The molecule has 3 aliphatic rings. The molecule has 4 heterocycles. The zero-order chi connectivity index (χ0) is 16.0. The Morgan fingerprint density at radius 2 is 2.39 bits per heavy atom. The van der Waals surface area contributed by atoms with E-state index in [1.165, 1.54) is 12.0 Å². The van der Waals surface area contributed by atoms with Crippen molar-refractivity contribution in [3.63, 3.8) is 0 Å². The minimum atomic E-state index is -0.0244. The third-order valence-corrected chi connectivity index (χ3v) is 6.65. The van der Waals surface area contributed by atoms with Gasteiger partial charge in [-0.05, 0) is 55.7 Å². The maximum atomic E-state index is 12.6. The summed E-state index contributed by atoms with van der Waals surface area (Å²) in [6, 6.07) is 2.12. The molecule has 2 bridgehead atoms. The van der Waals surface area contributed by atoms with Gasteiger partial charge in [-0.2, -0.15) is 11.3 Å². The molecular weight excluding hydrogens is 308 g/mol. The van der Waals surface area contributed by atoms with Gasteiger partial charge in [-0.25, -0.2) is 0 Å². The molecule has 3 fully saturated rings. The van der Waals surface area contributed by atoms with Crippen molar-refractivity contribution >= 4 is 17.2 Å². The molecule has 0 aliphatic carbocycles. The molecule has 0 aromatic carbocycles. The molecule has 1 spiro atoms. The fourth-order valence-corrected chi connectivity index (χ4v) is 5.59. The average molecular weight is 334 g/mol. The Hall–Kier alpha value is -0.910. The van der Waals surface area contributed by atoms with Gasteiger partial charge in [0.1, 0.15) is 0 Å². The first-order chi connectivity index (χ1) is 11.1. The van der Waals surface area contributed by atoms with Crippen molar-refractivity contribution in [3.05, 3.63) is 22.4 Å². The highest BCUT2D eigenvalue weighted by atomic mass is 32.1. The molecule has 0 unspecified atom stereocenters. The summed E-state index contributed by atoms with van der Waals surface area (Å²) >= 11 is 1.70. The zero-order valence-electron chi connectivity index (χ0n) is 14.0. The Morgan fingerprint density at radius 1 is 1.52 bits per heavy atom. The highest BCUT2D eigenvalue weighted by Crippen LogP contribution is 2.54. The summed E-state index contributed by atoms with van der Waals surface area (Å²) < 4.78 is 6.41. The van der Waals surface area contributed by atoms with Crippen LogP contribution in [0.15, 0.2) is 16.8 Å². The first-order valence-corrected chi connectivity index (χ1v) is 9.63. The maximum absolute atomic E-state index is 12.6. The van der Waals surface area contributed by atoms with E-state index < -0.39 is 0 Å². The van der Waals surface area contributed by atoms with Crippen LogP contribution in [0.4, 0.5) is 0 Å². The SMILES string of the molecule is CN(C)C[C@H]1[C@H]2CN(C(=O)CCc3ccsc3)C[C@]23CC[C@H]1O3. The van der Waals surface area contributed by atoms with Crippen LogP contribution in [0.3, 0.4) is 0 Å². The largest absolute Gasteiger partial charge is 0.369 e. The molecule has 3 saturated heterocycles. The fourth-order valence-electron chi connectivity index (χ4n) is 4.89. The lowest BCUT2D eigenvalue weighted by Crippen LogP contribution is -2.40. The zero-order valence-corrected chi connectivity index (χ0v) is 14.8. The number of carbonyl (C=O) groups is 1. The van der Waals surface area contributed by atoms with Gasteiger partial charge in [0, 0.05) is 31.3 Å². The van der Waals surface area contributed by atoms with Gasteiger partial charge in [0.2, 0.25) is 5.91 Å². The van der Waals surface area contributed by atoms with Crippen molar-refractivity contribution < 1.29 is 9.53 Å². The number of rotatable bonds is 5. The first-order valence-electron chi connectivity index (χ1n) is 8.69. The summed E-state index contributed by atoms with van der Waals surface area (Å²) in [6.07, 6.45) is 4.22. The van der Waals surface area contributed by atoms with Crippen molar-refractivity contribution in [2.45, 2.75) is 37.4 Å². The van der Waals surface area contributed by atoms with E-state index in [2.05, 4.69) is 40.7 Å². The van der Waals surface area contributed by atoms with E-state index in [4.69, 9.17) is 4.74 Å². The van der Waals surface area contributed by atoms with Crippen LogP contribution in [0.25, 0.3) is 0 Å². The smallest absolute Gasteiger partial charge is 0.223 e. The number of carbonyl (C=O) groups excluding carboxylic acids is 1. The van der Waals surface area contributed by atoms with E-state index >= 15 is 0 Å². The van der Waals surface area contributed by atoms with Crippen molar-refractivity contribution in [1.82, 2.24) is 9.80 Å². The minimum absolute atomic E-state index is 0.0244. The number of hydrogen-bond donors (Lipinski definition) is 0. The lowest BCUT2D eigenvalue weighted by Gasteiger charge is -2.30. The highest BCUT2D eigenvalue weighted by Gasteiger charge is 2.63. The predicted octanol–water partition coefficient (Wildman–Crippen LogP) is 2.25. The van der Waals surface area contributed by atoms with Crippen molar-refractivity contribution in [1.29, 1.82) is 0 Å². The van der Waals surface area contributed by atoms with Crippen molar-refractivity contribution in [3.8, 4) is 0 Å². The number of thiophene rings is 1. The number of likely N-dealkylation sites (tertiary alicyclic amines) is 1. The predicted molar refractivity (Wildman–Crippen MR) is 91.6 cm³/mol. The molecule has 1 aromatic heterocycles. The number of fused-ring (bicyclic) bond motifs is 1. The van der Waals surface area contributed by atoms with E-state index in [9.17, 15) is 4.79 Å². The van der Waals surface area contributed by atoms with Crippen molar-refractivity contribution in [2.75, 3.05) is 33.7 Å². The van der Waals surface area contributed by atoms with E-state index in [1.54, 1.807) is 11.3 Å². The molecule has 1 amide bonds. The molecule has 0 N–H and O–H groups in total. The number of amides is 1. The van der Waals surface area contributed by atoms with E-state index in [1.807, 2.05) is 0 Å². The van der Waals surface area contributed by atoms with Crippen molar-refractivity contribution in [2.24, 2.45) is 11.8 Å². The van der Waals surface area contributed by atoms with Gasteiger partial charge in [-0.3, -0.25) is 4.79 Å². The molecule has 126 valence electrons. The normalized spacial score (nSPS) is 35.3. The number of aryl methyl sites for hydroxylation is 1. The molecular formula is C18H26N2O2S. The quantitative estimate of drug-likeness (QED) is 0.828. The number of ether oxygens (including phenoxy) is 1. The van der Waals surface area contributed by atoms with Crippen LogP contribution in [0.5, 0.6) is 0 Å². The molecule has 4 nitrogen and oxygen atoms in total. The van der Waals surface area contributed by atoms with Gasteiger partial charge in [-0.1, -0.05) is 0 Å². The summed E-state index contributed by atoms with van der Waals surface area (Å²) in [5.41, 5.74) is 1.26. The van der Waals surface area contributed by atoms with E-state index in [0.717, 1.165) is 32.5 Å². The molecule has 1 aromatic rings. The third kappa shape index (κ3) is 2.73. The molecule has 3 aliphatic heterocycles. The van der Waals surface area contributed by atoms with E-state index in [-0.39, 0.29) is 5.60 Å². The first kappa shape index (κ1) is 15.6. The van der Waals surface area contributed by atoms with Gasteiger partial charge >= 0.3 is 0 Å². The minimum Gasteiger partial charge on any atom is -0.369 e. The average Bonchev–Trinajstić information content (AvgIpc) is 3.26. The molecule has 23 heavy (non-hydrogen) atoms. The van der Waals surface area contributed by atoms with Crippen LogP contribution >= 0.6 is 11.3 Å². The van der Waals surface area contributed by atoms with Crippen LogP contribution in [-0.2, 0) is 16.0 Å². The lowest BCUT2D eigenvalue weighted by atomic mass is 9.73. The Kier molecular flexibility index (Phi) is 3.98. The molecule has 4 atom stereocenters.